The summed E-state index contributed by atoms with van der Waals surface area (Å²) in [5.41, 5.74) is 0.652. The molecule has 0 radical (unpaired) electrons. The summed E-state index contributed by atoms with van der Waals surface area (Å²) in [6, 6.07) is 16.8. The molecule has 2 heterocycles. The topological polar surface area (TPSA) is 102 Å². The number of hydrogen-bond acceptors (Lipinski definition) is 6. The number of nitro benzene ring substituents is 1. The number of aryl methyl sites for hydroxylation is 1. The Hall–Kier alpha value is -3.85. The second-order valence-corrected chi connectivity index (χ2v) is 7.84. The summed E-state index contributed by atoms with van der Waals surface area (Å²) in [5.74, 6) is -0.482. The zero-order valence-electron chi connectivity index (χ0n) is 17.8. The monoisotopic (exact) mass is 433 g/mol. The van der Waals surface area contributed by atoms with E-state index in [2.05, 4.69) is 10.00 Å². The molecule has 2 aromatic carbocycles. The fraction of sp³-hybridized carbons (Fsp3) is 0.261. The van der Waals surface area contributed by atoms with Crippen LogP contribution in [0.2, 0.25) is 0 Å². The van der Waals surface area contributed by atoms with Crippen LogP contribution in [0.5, 0.6) is 0 Å². The Morgan fingerprint density at radius 1 is 1.09 bits per heavy atom. The molecule has 1 aromatic heterocycles. The fourth-order valence-electron chi connectivity index (χ4n) is 4.00. The van der Waals surface area contributed by atoms with Gasteiger partial charge in [-0.05, 0) is 25.6 Å². The van der Waals surface area contributed by atoms with Crippen molar-refractivity contribution in [3.05, 3.63) is 98.0 Å². The van der Waals surface area contributed by atoms with Gasteiger partial charge in [-0.1, -0.05) is 42.5 Å². The summed E-state index contributed by atoms with van der Waals surface area (Å²) >= 11 is 0. The summed E-state index contributed by atoms with van der Waals surface area (Å²) in [4.78, 5) is 41.1. The molecule has 0 bridgehead atoms. The Labute approximate surface area is 184 Å². The van der Waals surface area contributed by atoms with Crippen LogP contribution in [0.15, 0.2) is 65.5 Å². The van der Waals surface area contributed by atoms with Crippen molar-refractivity contribution < 1.29 is 9.72 Å². The number of benzene rings is 2. The number of para-hydroxylation sites is 2. The van der Waals surface area contributed by atoms with E-state index in [0.29, 0.717) is 25.3 Å². The van der Waals surface area contributed by atoms with Gasteiger partial charge in [0.05, 0.1) is 11.0 Å². The number of nitro groups is 1. The second-order valence-electron chi connectivity index (χ2n) is 7.84. The zero-order chi connectivity index (χ0) is 22.8. The van der Waals surface area contributed by atoms with Gasteiger partial charge in [-0.3, -0.25) is 19.7 Å². The van der Waals surface area contributed by atoms with Crippen molar-refractivity contribution in [1.82, 2.24) is 19.6 Å². The molecule has 1 aliphatic rings. The van der Waals surface area contributed by atoms with Crippen molar-refractivity contribution in [2.75, 3.05) is 26.7 Å². The van der Waals surface area contributed by atoms with Gasteiger partial charge in [0.2, 0.25) is 5.43 Å². The first kappa shape index (κ1) is 21.4. The molecule has 1 amide bonds. The summed E-state index contributed by atoms with van der Waals surface area (Å²) in [6.07, 6.45) is 0. The van der Waals surface area contributed by atoms with Crippen molar-refractivity contribution in [1.29, 1.82) is 0 Å². The smallest absolute Gasteiger partial charge is 0.294 e. The second kappa shape index (κ2) is 8.72. The van der Waals surface area contributed by atoms with E-state index in [9.17, 15) is 19.7 Å². The minimum absolute atomic E-state index is 0.160. The third-order valence-corrected chi connectivity index (χ3v) is 5.65. The van der Waals surface area contributed by atoms with E-state index >= 15 is 0 Å². The number of carbonyl (C=O) groups excluding carboxylic acids is 1. The Kier molecular flexibility index (Phi) is 5.83. The number of piperazine rings is 1. The average molecular weight is 433 g/mol. The van der Waals surface area contributed by atoms with Gasteiger partial charge in [-0.2, -0.15) is 5.10 Å². The van der Waals surface area contributed by atoms with Crippen LogP contribution in [0, 0.1) is 17.0 Å². The first-order chi connectivity index (χ1) is 15.4. The van der Waals surface area contributed by atoms with E-state index < -0.39 is 16.3 Å². The number of hydrogen-bond donors (Lipinski definition) is 0. The highest BCUT2D eigenvalue weighted by Gasteiger charge is 2.33. The molecule has 1 atom stereocenters. The maximum absolute atomic E-state index is 13.5. The molecule has 1 aliphatic heterocycles. The summed E-state index contributed by atoms with van der Waals surface area (Å²) < 4.78 is 1.29. The van der Waals surface area contributed by atoms with E-state index in [4.69, 9.17) is 0 Å². The van der Waals surface area contributed by atoms with Crippen molar-refractivity contribution in [2.45, 2.75) is 13.0 Å². The largest absolute Gasteiger partial charge is 0.328 e. The van der Waals surface area contributed by atoms with Crippen molar-refractivity contribution >= 4 is 11.6 Å². The fourth-order valence-corrected chi connectivity index (χ4v) is 4.00. The van der Waals surface area contributed by atoms with Crippen LogP contribution < -0.4 is 5.43 Å². The lowest BCUT2D eigenvalue weighted by Crippen LogP contribution is -2.50. The molecule has 1 saturated heterocycles. The Morgan fingerprint density at radius 2 is 1.78 bits per heavy atom. The third-order valence-electron chi connectivity index (χ3n) is 5.65. The highest BCUT2D eigenvalue weighted by molar-refractivity contribution is 5.92. The van der Waals surface area contributed by atoms with Gasteiger partial charge < -0.3 is 9.80 Å². The molecule has 0 spiro atoms. The predicted molar refractivity (Wildman–Crippen MR) is 119 cm³/mol. The third kappa shape index (κ3) is 4.02. The lowest BCUT2D eigenvalue weighted by molar-refractivity contribution is -0.384. The first-order valence-electron chi connectivity index (χ1n) is 10.3. The number of rotatable bonds is 4. The SMILES string of the molecule is Cc1cc(=O)c(C(=O)N2CCN(C)CC2c2ccccc2)nn1-c1ccccc1[N+](=O)[O-]. The quantitative estimate of drug-likeness (QED) is 0.463. The molecule has 9 nitrogen and oxygen atoms in total. The van der Waals surface area contributed by atoms with E-state index in [0.717, 1.165) is 5.56 Å². The van der Waals surface area contributed by atoms with Crippen LogP contribution in [0.25, 0.3) is 5.69 Å². The van der Waals surface area contributed by atoms with Crippen LogP contribution in [0.1, 0.15) is 27.8 Å². The lowest BCUT2D eigenvalue weighted by atomic mass is 10.0. The van der Waals surface area contributed by atoms with Crippen molar-refractivity contribution in [3.8, 4) is 5.69 Å². The van der Waals surface area contributed by atoms with E-state index in [1.54, 1.807) is 30.0 Å². The summed E-state index contributed by atoms with van der Waals surface area (Å²) in [5, 5.41) is 15.8. The molecule has 0 N–H and O–H groups in total. The highest BCUT2D eigenvalue weighted by Crippen LogP contribution is 2.26. The number of likely N-dealkylation sites (N-methyl/N-ethyl adjacent to an activating group) is 1. The molecule has 32 heavy (non-hydrogen) atoms. The maximum atomic E-state index is 13.5. The van der Waals surface area contributed by atoms with Crippen molar-refractivity contribution in [3.63, 3.8) is 0 Å². The van der Waals surface area contributed by atoms with Gasteiger partial charge in [0.25, 0.3) is 11.6 Å². The lowest BCUT2D eigenvalue weighted by Gasteiger charge is -2.40. The van der Waals surface area contributed by atoms with Gasteiger partial charge >= 0.3 is 0 Å². The summed E-state index contributed by atoms with van der Waals surface area (Å²) in [6.45, 7) is 3.36. The van der Waals surface area contributed by atoms with E-state index in [1.807, 2.05) is 37.4 Å². The number of nitrogens with zero attached hydrogens (tertiary/aromatic N) is 5. The van der Waals surface area contributed by atoms with E-state index in [1.165, 1.54) is 16.8 Å². The van der Waals surface area contributed by atoms with Crippen molar-refractivity contribution in [2.24, 2.45) is 0 Å². The average Bonchev–Trinajstić information content (AvgIpc) is 2.79. The van der Waals surface area contributed by atoms with Crippen LogP contribution in [0.4, 0.5) is 5.69 Å². The van der Waals surface area contributed by atoms with Gasteiger partial charge in [-0.25, -0.2) is 4.68 Å². The highest BCUT2D eigenvalue weighted by atomic mass is 16.6. The standard InChI is InChI=1S/C23H23N5O4/c1-16-14-21(29)22(24-27(16)18-10-6-7-11-19(18)28(31)32)23(30)26-13-12-25(2)15-20(26)17-8-4-3-5-9-17/h3-11,14,20H,12-13,15H2,1-2H3. The molecule has 3 aromatic rings. The van der Waals surface area contributed by atoms with Crippen LogP contribution in [-0.4, -0.2) is 57.1 Å². The van der Waals surface area contributed by atoms with Gasteiger partial charge in [0, 0.05) is 37.5 Å². The van der Waals surface area contributed by atoms with Gasteiger partial charge in [-0.15, -0.1) is 0 Å². The number of aromatic nitrogens is 2. The maximum Gasteiger partial charge on any atom is 0.294 e. The Balaban J connectivity index is 1.78. The Morgan fingerprint density at radius 3 is 2.50 bits per heavy atom. The predicted octanol–water partition coefficient (Wildman–Crippen LogP) is 2.58. The summed E-state index contributed by atoms with van der Waals surface area (Å²) in [7, 11) is 1.99. The molecule has 0 aliphatic carbocycles. The van der Waals surface area contributed by atoms with Crippen LogP contribution in [-0.2, 0) is 0 Å². The molecule has 9 heteroatoms. The van der Waals surface area contributed by atoms with Gasteiger partial charge in [0.1, 0.15) is 5.69 Å². The molecule has 1 unspecified atom stereocenters. The molecule has 1 fully saturated rings. The number of amides is 1. The molecule has 0 saturated carbocycles. The molecule has 164 valence electrons. The van der Waals surface area contributed by atoms with E-state index in [-0.39, 0.29) is 23.1 Å². The molecular formula is C23H23N5O4. The molecular weight excluding hydrogens is 410 g/mol. The zero-order valence-corrected chi connectivity index (χ0v) is 17.8. The normalized spacial score (nSPS) is 16.7. The van der Waals surface area contributed by atoms with Crippen LogP contribution in [0.3, 0.4) is 0 Å². The number of carbonyl (C=O) groups is 1. The minimum atomic E-state index is -0.512. The molecule has 4 rings (SSSR count). The Bertz CT molecular complexity index is 1220. The van der Waals surface area contributed by atoms with Gasteiger partial charge in [0.15, 0.2) is 5.69 Å². The van der Waals surface area contributed by atoms with Crippen LogP contribution >= 0.6 is 0 Å². The first-order valence-corrected chi connectivity index (χ1v) is 10.3. The minimum Gasteiger partial charge on any atom is -0.328 e.